The molecule has 0 heterocycles. The van der Waals surface area contributed by atoms with Gasteiger partial charge in [0.05, 0.1) is 0 Å². The lowest BCUT2D eigenvalue weighted by atomic mass is 10.2. The Morgan fingerprint density at radius 3 is 2.56 bits per heavy atom. The number of halogens is 2. The van der Waals surface area contributed by atoms with Crippen LogP contribution in [0.1, 0.15) is 11.1 Å². The third kappa shape index (κ3) is 3.04. The second-order valence-corrected chi connectivity index (χ2v) is 4.93. The van der Waals surface area contributed by atoms with Crippen LogP contribution in [0.15, 0.2) is 46.9 Å². The molecule has 0 N–H and O–H groups in total. The fraction of sp³-hybridized carbons (Fsp3) is 0.0714. The molecule has 2 nitrogen and oxygen atoms in total. The molecule has 0 amide bonds. The number of rotatable bonds is 3. The molecule has 2 aromatic rings. The van der Waals surface area contributed by atoms with Gasteiger partial charge in [-0.1, -0.05) is 29.8 Å². The molecule has 2 aromatic carbocycles. The van der Waals surface area contributed by atoms with Crippen LogP contribution in [-0.2, 0) is 6.61 Å². The first-order valence-corrected chi connectivity index (χ1v) is 6.43. The predicted molar refractivity (Wildman–Crippen MR) is 74.6 cm³/mol. The van der Waals surface area contributed by atoms with E-state index in [1.54, 1.807) is 6.07 Å². The van der Waals surface area contributed by atoms with Crippen LogP contribution in [0.5, 0.6) is 5.75 Å². The Balaban J connectivity index is 2.14. The van der Waals surface area contributed by atoms with E-state index in [1.165, 1.54) is 0 Å². The second kappa shape index (κ2) is 5.90. The summed E-state index contributed by atoms with van der Waals surface area (Å²) in [6.07, 6.45) is 0. The zero-order valence-corrected chi connectivity index (χ0v) is 11.7. The van der Waals surface area contributed by atoms with Crippen molar-refractivity contribution in [1.29, 1.82) is 5.26 Å². The SMILES string of the molecule is N#Cc1c(Br)cccc1OCc1ccc(Cl)cc1. The summed E-state index contributed by atoms with van der Waals surface area (Å²) in [5.74, 6) is 0.571. The van der Waals surface area contributed by atoms with Crippen molar-refractivity contribution in [3.63, 3.8) is 0 Å². The van der Waals surface area contributed by atoms with Crippen LogP contribution in [0.2, 0.25) is 5.02 Å². The van der Waals surface area contributed by atoms with E-state index in [4.69, 9.17) is 21.6 Å². The first-order chi connectivity index (χ1) is 8.70. The van der Waals surface area contributed by atoms with Crippen LogP contribution >= 0.6 is 27.5 Å². The molecule has 4 heteroatoms. The van der Waals surface area contributed by atoms with Gasteiger partial charge in [-0.05, 0) is 45.8 Å². The lowest BCUT2D eigenvalue weighted by Crippen LogP contribution is -1.97. The first-order valence-electron chi connectivity index (χ1n) is 5.26. The van der Waals surface area contributed by atoms with Crippen molar-refractivity contribution in [3.05, 3.63) is 63.1 Å². The molecule has 0 unspecified atom stereocenters. The van der Waals surface area contributed by atoms with Crippen LogP contribution in [-0.4, -0.2) is 0 Å². The lowest BCUT2D eigenvalue weighted by Gasteiger charge is -2.08. The van der Waals surface area contributed by atoms with Crippen LogP contribution in [0.25, 0.3) is 0 Å². The summed E-state index contributed by atoms with van der Waals surface area (Å²) in [6.45, 7) is 0.405. The van der Waals surface area contributed by atoms with Gasteiger partial charge in [-0.25, -0.2) is 0 Å². The molecule has 0 saturated carbocycles. The monoisotopic (exact) mass is 321 g/mol. The fourth-order valence-electron chi connectivity index (χ4n) is 1.47. The van der Waals surface area contributed by atoms with E-state index < -0.39 is 0 Å². The largest absolute Gasteiger partial charge is 0.487 e. The molecule has 0 bridgehead atoms. The van der Waals surface area contributed by atoms with E-state index in [1.807, 2.05) is 36.4 Å². The molecular weight excluding hydrogens is 314 g/mol. The van der Waals surface area contributed by atoms with Crippen LogP contribution in [0.4, 0.5) is 0 Å². The van der Waals surface area contributed by atoms with Gasteiger partial charge in [-0.15, -0.1) is 0 Å². The number of nitrogens with zero attached hydrogens (tertiary/aromatic N) is 1. The van der Waals surface area contributed by atoms with Crippen molar-refractivity contribution in [3.8, 4) is 11.8 Å². The molecule has 2 rings (SSSR count). The lowest BCUT2D eigenvalue weighted by molar-refractivity contribution is 0.305. The van der Waals surface area contributed by atoms with E-state index in [2.05, 4.69) is 22.0 Å². The highest BCUT2D eigenvalue weighted by Gasteiger charge is 2.07. The van der Waals surface area contributed by atoms with Crippen molar-refractivity contribution in [2.45, 2.75) is 6.61 Å². The molecule has 0 aliphatic carbocycles. The van der Waals surface area contributed by atoms with Gasteiger partial charge in [-0.2, -0.15) is 5.26 Å². The average Bonchev–Trinajstić information content (AvgIpc) is 2.38. The zero-order valence-electron chi connectivity index (χ0n) is 9.36. The number of benzene rings is 2. The molecule has 0 atom stereocenters. The van der Waals surface area contributed by atoms with Gasteiger partial charge in [-0.3, -0.25) is 0 Å². The van der Waals surface area contributed by atoms with E-state index >= 15 is 0 Å². The third-order valence-corrected chi connectivity index (χ3v) is 3.31. The summed E-state index contributed by atoms with van der Waals surface area (Å²) in [6, 6.07) is 15.0. The highest BCUT2D eigenvalue weighted by molar-refractivity contribution is 9.10. The van der Waals surface area contributed by atoms with E-state index in [-0.39, 0.29) is 0 Å². The highest BCUT2D eigenvalue weighted by Crippen LogP contribution is 2.26. The maximum atomic E-state index is 9.06. The predicted octanol–water partition coefficient (Wildman–Crippen LogP) is 4.55. The van der Waals surface area contributed by atoms with Gasteiger partial charge in [0.1, 0.15) is 24.0 Å². The molecule has 0 fully saturated rings. The topological polar surface area (TPSA) is 33.0 Å². The number of hydrogen-bond acceptors (Lipinski definition) is 2. The quantitative estimate of drug-likeness (QED) is 0.830. The Morgan fingerprint density at radius 1 is 1.17 bits per heavy atom. The molecule has 0 aliphatic heterocycles. The van der Waals surface area contributed by atoms with Crippen LogP contribution < -0.4 is 4.74 Å². The summed E-state index contributed by atoms with van der Waals surface area (Å²) in [5, 5.41) is 9.75. The summed E-state index contributed by atoms with van der Waals surface area (Å²) in [7, 11) is 0. The van der Waals surface area contributed by atoms with Crippen molar-refractivity contribution >= 4 is 27.5 Å². The van der Waals surface area contributed by atoms with Crippen molar-refractivity contribution in [2.24, 2.45) is 0 Å². The molecule has 0 radical (unpaired) electrons. The molecule has 90 valence electrons. The maximum Gasteiger partial charge on any atom is 0.138 e. The molecular formula is C14H9BrClNO. The van der Waals surface area contributed by atoms with Gasteiger partial charge in [0.25, 0.3) is 0 Å². The minimum absolute atomic E-state index is 0.405. The smallest absolute Gasteiger partial charge is 0.138 e. The number of hydrogen-bond donors (Lipinski definition) is 0. The molecule has 0 aliphatic rings. The van der Waals surface area contributed by atoms with Gasteiger partial charge in [0.15, 0.2) is 0 Å². The van der Waals surface area contributed by atoms with Crippen LogP contribution in [0, 0.1) is 11.3 Å². The van der Waals surface area contributed by atoms with Crippen molar-refractivity contribution in [2.75, 3.05) is 0 Å². The normalized spacial score (nSPS) is 9.83. The minimum Gasteiger partial charge on any atom is -0.487 e. The summed E-state index contributed by atoms with van der Waals surface area (Å²) >= 11 is 9.13. The first kappa shape index (κ1) is 12.9. The standard InChI is InChI=1S/C14H9BrClNO/c15-13-2-1-3-14(12(13)8-17)18-9-10-4-6-11(16)7-5-10/h1-7H,9H2. The average molecular weight is 323 g/mol. The van der Waals surface area contributed by atoms with Gasteiger partial charge < -0.3 is 4.74 Å². The summed E-state index contributed by atoms with van der Waals surface area (Å²) in [5.41, 5.74) is 1.51. The Kier molecular flexibility index (Phi) is 4.24. The zero-order chi connectivity index (χ0) is 13.0. The Bertz CT molecular complexity index is 590. The molecule has 18 heavy (non-hydrogen) atoms. The van der Waals surface area contributed by atoms with E-state index in [9.17, 15) is 0 Å². The fourth-order valence-corrected chi connectivity index (χ4v) is 2.04. The summed E-state index contributed by atoms with van der Waals surface area (Å²) < 4.78 is 6.37. The van der Waals surface area contributed by atoms with Crippen molar-refractivity contribution < 1.29 is 4.74 Å². The van der Waals surface area contributed by atoms with E-state index in [0.29, 0.717) is 22.9 Å². The third-order valence-electron chi connectivity index (χ3n) is 2.39. The van der Waals surface area contributed by atoms with Crippen molar-refractivity contribution in [1.82, 2.24) is 0 Å². The Labute approximate surface area is 119 Å². The molecule has 0 spiro atoms. The second-order valence-electron chi connectivity index (χ2n) is 3.64. The summed E-state index contributed by atoms with van der Waals surface area (Å²) in [4.78, 5) is 0. The number of ether oxygens (including phenoxy) is 1. The Morgan fingerprint density at radius 2 is 1.89 bits per heavy atom. The highest BCUT2D eigenvalue weighted by atomic mass is 79.9. The van der Waals surface area contributed by atoms with Gasteiger partial charge >= 0.3 is 0 Å². The van der Waals surface area contributed by atoms with Gasteiger partial charge in [0, 0.05) is 9.50 Å². The minimum atomic E-state index is 0.405. The Hall–Kier alpha value is -1.50. The molecule has 0 saturated heterocycles. The molecule has 0 aromatic heterocycles. The van der Waals surface area contributed by atoms with Crippen LogP contribution in [0.3, 0.4) is 0 Å². The maximum absolute atomic E-state index is 9.06. The number of nitriles is 1. The van der Waals surface area contributed by atoms with Gasteiger partial charge in [0.2, 0.25) is 0 Å². The van der Waals surface area contributed by atoms with E-state index in [0.717, 1.165) is 10.0 Å².